The van der Waals surface area contributed by atoms with E-state index in [1.807, 2.05) is 20.8 Å². The molecule has 0 spiro atoms. The average molecular weight is 229 g/mol. The van der Waals surface area contributed by atoms with Crippen molar-refractivity contribution in [2.45, 2.75) is 46.2 Å². The Labute approximate surface area is 97.4 Å². The Morgan fingerprint density at radius 1 is 1.19 bits per heavy atom. The third-order valence-corrected chi connectivity index (χ3v) is 2.34. The topological polar surface area (TPSA) is 70.2 Å². The number of hydrogen-bond donors (Lipinski definition) is 3. The van der Waals surface area contributed by atoms with Gasteiger partial charge in [-0.1, -0.05) is 6.92 Å². The Morgan fingerprint density at radius 2 is 1.81 bits per heavy atom. The van der Waals surface area contributed by atoms with Crippen LogP contribution in [-0.4, -0.2) is 37.0 Å². The normalized spacial score (nSPS) is 14.0. The predicted octanol–water partition coefficient (Wildman–Crippen LogP) is 0.0153. The molecule has 5 heteroatoms. The van der Waals surface area contributed by atoms with Crippen LogP contribution in [0.2, 0.25) is 0 Å². The number of amides is 2. The Morgan fingerprint density at radius 3 is 2.31 bits per heavy atom. The van der Waals surface area contributed by atoms with Crippen molar-refractivity contribution >= 4 is 11.8 Å². The smallest absolute Gasteiger partial charge is 0.237 e. The lowest BCUT2D eigenvalue weighted by atomic mass is 10.2. The molecule has 5 nitrogen and oxygen atoms in total. The molecular formula is C11H23N3O2. The van der Waals surface area contributed by atoms with Crippen molar-refractivity contribution in [3.63, 3.8) is 0 Å². The van der Waals surface area contributed by atoms with Gasteiger partial charge in [0.2, 0.25) is 11.8 Å². The molecule has 0 bridgehead atoms. The van der Waals surface area contributed by atoms with Crippen LogP contribution >= 0.6 is 0 Å². The van der Waals surface area contributed by atoms with Crippen LogP contribution in [0.1, 0.15) is 34.1 Å². The SMILES string of the molecule is CCC(C)NC(=O)C(C)NCCNC(C)=O. The van der Waals surface area contributed by atoms with Crippen molar-refractivity contribution in [2.24, 2.45) is 0 Å². The zero-order valence-corrected chi connectivity index (χ0v) is 10.6. The summed E-state index contributed by atoms with van der Waals surface area (Å²) in [6.07, 6.45) is 0.921. The fourth-order valence-electron chi connectivity index (χ4n) is 1.09. The van der Waals surface area contributed by atoms with Gasteiger partial charge in [0.15, 0.2) is 0 Å². The molecule has 94 valence electrons. The lowest BCUT2D eigenvalue weighted by molar-refractivity contribution is -0.123. The summed E-state index contributed by atoms with van der Waals surface area (Å²) in [6, 6.07) is -0.0325. The summed E-state index contributed by atoms with van der Waals surface area (Å²) in [7, 11) is 0. The van der Waals surface area contributed by atoms with Crippen LogP contribution in [0.15, 0.2) is 0 Å². The Balaban J connectivity index is 3.67. The summed E-state index contributed by atoms with van der Waals surface area (Å²) in [5, 5.41) is 8.59. The van der Waals surface area contributed by atoms with Gasteiger partial charge in [-0.05, 0) is 20.3 Å². The van der Waals surface area contributed by atoms with Crippen LogP contribution in [0.3, 0.4) is 0 Å². The largest absolute Gasteiger partial charge is 0.355 e. The first-order chi connectivity index (χ1) is 7.47. The second-order valence-electron chi connectivity index (χ2n) is 3.98. The van der Waals surface area contributed by atoms with Crippen LogP contribution in [-0.2, 0) is 9.59 Å². The zero-order chi connectivity index (χ0) is 12.6. The lowest BCUT2D eigenvalue weighted by Gasteiger charge is -2.17. The molecule has 0 aliphatic heterocycles. The minimum atomic E-state index is -0.234. The monoisotopic (exact) mass is 229 g/mol. The maximum Gasteiger partial charge on any atom is 0.237 e. The summed E-state index contributed by atoms with van der Waals surface area (Å²) in [6.45, 7) is 8.41. The molecule has 0 aromatic heterocycles. The maximum absolute atomic E-state index is 11.6. The summed E-state index contributed by atoms with van der Waals surface area (Å²) in [5.74, 6) is -0.0596. The van der Waals surface area contributed by atoms with Gasteiger partial charge in [0.25, 0.3) is 0 Å². The molecular weight excluding hydrogens is 206 g/mol. The van der Waals surface area contributed by atoms with E-state index in [1.165, 1.54) is 6.92 Å². The van der Waals surface area contributed by atoms with Gasteiger partial charge in [0.05, 0.1) is 6.04 Å². The molecule has 0 radical (unpaired) electrons. The van der Waals surface area contributed by atoms with E-state index >= 15 is 0 Å². The van der Waals surface area contributed by atoms with Gasteiger partial charge in [-0.2, -0.15) is 0 Å². The van der Waals surface area contributed by atoms with Gasteiger partial charge in [0, 0.05) is 26.1 Å². The molecule has 0 saturated heterocycles. The van der Waals surface area contributed by atoms with E-state index in [1.54, 1.807) is 0 Å². The maximum atomic E-state index is 11.6. The van der Waals surface area contributed by atoms with Crippen molar-refractivity contribution < 1.29 is 9.59 Å². The number of carbonyl (C=O) groups is 2. The first kappa shape index (κ1) is 14.9. The second-order valence-corrected chi connectivity index (χ2v) is 3.98. The molecule has 2 unspecified atom stereocenters. The number of rotatable bonds is 7. The number of carbonyl (C=O) groups excluding carboxylic acids is 2. The quantitative estimate of drug-likeness (QED) is 0.539. The van der Waals surface area contributed by atoms with Crippen molar-refractivity contribution in [1.29, 1.82) is 0 Å². The zero-order valence-electron chi connectivity index (χ0n) is 10.6. The van der Waals surface area contributed by atoms with Crippen LogP contribution in [0.25, 0.3) is 0 Å². The van der Waals surface area contributed by atoms with Gasteiger partial charge in [-0.15, -0.1) is 0 Å². The summed E-state index contributed by atoms with van der Waals surface area (Å²) in [4.78, 5) is 22.2. The van der Waals surface area contributed by atoms with Crippen LogP contribution in [0, 0.1) is 0 Å². The number of hydrogen-bond acceptors (Lipinski definition) is 3. The fraction of sp³-hybridized carbons (Fsp3) is 0.818. The molecule has 2 amide bonds. The van der Waals surface area contributed by atoms with Gasteiger partial charge in [-0.25, -0.2) is 0 Å². The molecule has 0 fully saturated rings. The van der Waals surface area contributed by atoms with Gasteiger partial charge < -0.3 is 16.0 Å². The summed E-state index contributed by atoms with van der Waals surface area (Å²) >= 11 is 0. The fourth-order valence-corrected chi connectivity index (χ4v) is 1.09. The van der Waals surface area contributed by atoms with Crippen molar-refractivity contribution in [2.75, 3.05) is 13.1 Å². The highest BCUT2D eigenvalue weighted by atomic mass is 16.2. The minimum Gasteiger partial charge on any atom is -0.355 e. The molecule has 0 heterocycles. The van der Waals surface area contributed by atoms with E-state index in [0.29, 0.717) is 13.1 Å². The highest BCUT2D eigenvalue weighted by Crippen LogP contribution is 1.90. The molecule has 0 aromatic rings. The van der Waals surface area contributed by atoms with Crippen molar-refractivity contribution in [3.8, 4) is 0 Å². The van der Waals surface area contributed by atoms with Gasteiger partial charge in [-0.3, -0.25) is 9.59 Å². The summed E-state index contributed by atoms with van der Waals surface area (Å²) < 4.78 is 0. The van der Waals surface area contributed by atoms with E-state index in [4.69, 9.17) is 0 Å². The minimum absolute atomic E-state index is 0.00262. The molecule has 0 aliphatic carbocycles. The first-order valence-corrected chi connectivity index (χ1v) is 5.75. The third kappa shape index (κ3) is 7.23. The van der Waals surface area contributed by atoms with Gasteiger partial charge >= 0.3 is 0 Å². The lowest BCUT2D eigenvalue weighted by Crippen LogP contribution is -2.47. The van der Waals surface area contributed by atoms with Crippen LogP contribution in [0.4, 0.5) is 0 Å². The highest BCUT2D eigenvalue weighted by Gasteiger charge is 2.13. The van der Waals surface area contributed by atoms with E-state index in [-0.39, 0.29) is 23.9 Å². The standard InChI is InChI=1S/C11H23N3O2/c1-5-8(2)14-11(16)9(3)12-6-7-13-10(4)15/h8-9,12H,5-7H2,1-4H3,(H,13,15)(H,14,16). The summed E-state index contributed by atoms with van der Waals surface area (Å²) in [5.41, 5.74) is 0. The molecule has 0 saturated carbocycles. The molecule has 0 rings (SSSR count). The number of nitrogens with one attached hydrogen (secondary N) is 3. The molecule has 2 atom stereocenters. The van der Waals surface area contributed by atoms with E-state index in [0.717, 1.165) is 6.42 Å². The second kappa shape index (κ2) is 8.10. The van der Waals surface area contributed by atoms with Crippen LogP contribution in [0.5, 0.6) is 0 Å². The van der Waals surface area contributed by atoms with Gasteiger partial charge in [0.1, 0.15) is 0 Å². The Hall–Kier alpha value is -1.10. The average Bonchev–Trinajstić information content (AvgIpc) is 2.23. The van der Waals surface area contributed by atoms with Crippen molar-refractivity contribution in [1.82, 2.24) is 16.0 Å². The Bertz CT molecular complexity index is 231. The Kier molecular flexibility index (Phi) is 7.54. The highest BCUT2D eigenvalue weighted by molar-refractivity contribution is 5.81. The molecule has 3 N–H and O–H groups in total. The predicted molar refractivity (Wildman–Crippen MR) is 64.0 cm³/mol. The molecule has 0 aromatic carbocycles. The van der Waals surface area contributed by atoms with Crippen molar-refractivity contribution in [3.05, 3.63) is 0 Å². The van der Waals surface area contributed by atoms with E-state index < -0.39 is 0 Å². The molecule has 0 aliphatic rings. The molecule has 16 heavy (non-hydrogen) atoms. The van der Waals surface area contributed by atoms with E-state index in [9.17, 15) is 9.59 Å². The third-order valence-electron chi connectivity index (χ3n) is 2.34. The van der Waals surface area contributed by atoms with E-state index in [2.05, 4.69) is 16.0 Å². The first-order valence-electron chi connectivity index (χ1n) is 5.75. The van der Waals surface area contributed by atoms with Crippen LogP contribution < -0.4 is 16.0 Å².